The number of alkyl halides is 3. The van der Waals surface area contributed by atoms with E-state index in [0.717, 1.165) is 16.4 Å². The Kier molecular flexibility index (Phi) is 5.50. The minimum Gasteiger partial charge on any atom is -0.356 e. The van der Waals surface area contributed by atoms with Crippen LogP contribution in [0.15, 0.2) is 42.5 Å². The topological polar surface area (TPSA) is 61.4 Å². The number of hydrogen-bond acceptors (Lipinski definition) is 3. The van der Waals surface area contributed by atoms with Gasteiger partial charge in [0.15, 0.2) is 0 Å². The highest BCUT2D eigenvalue weighted by Gasteiger charge is 2.33. The predicted octanol–water partition coefficient (Wildman–Crippen LogP) is 4.32. The molecule has 10 heteroatoms. The van der Waals surface area contributed by atoms with Gasteiger partial charge in [-0.05, 0) is 42.5 Å². The maximum absolute atomic E-state index is 12.9. The van der Waals surface area contributed by atoms with Crippen molar-refractivity contribution in [3.63, 3.8) is 0 Å². The number of anilines is 3. The van der Waals surface area contributed by atoms with E-state index >= 15 is 0 Å². The van der Waals surface area contributed by atoms with Crippen LogP contribution >= 0.6 is 11.6 Å². The normalized spacial score (nSPS) is 12.3. The molecule has 2 aromatic rings. The van der Waals surface area contributed by atoms with E-state index in [1.807, 2.05) is 0 Å². The van der Waals surface area contributed by atoms with Gasteiger partial charge in [-0.25, -0.2) is 0 Å². The van der Waals surface area contributed by atoms with Gasteiger partial charge in [0, 0.05) is 31.2 Å². The lowest BCUT2D eigenvalue weighted by Crippen LogP contribution is -2.28. The van der Waals surface area contributed by atoms with Gasteiger partial charge in [0.2, 0.25) is 0 Å². The van der Waals surface area contributed by atoms with Crippen LogP contribution in [0, 0.1) is 0 Å². The van der Waals surface area contributed by atoms with Crippen molar-refractivity contribution in [2.75, 3.05) is 24.1 Å². The molecule has 0 aliphatic carbocycles. The molecule has 0 atom stereocenters. The summed E-state index contributed by atoms with van der Waals surface area (Å²) in [6, 6.07) is 9.54. The monoisotopic (exact) mass is 393 g/mol. The van der Waals surface area contributed by atoms with Crippen molar-refractivity contribution in [2.45, 2.75) is 6.18 Å². The first-order chi connectivity index (χ1) is 11.5. The van der Waals surface area contributed by atoms with Gasteiger partial charge in [0.05, 0.1) is 10.6 Å². The lowest BCUT2D eigenvalue weighted by atomic mass is 10.2. The lowest BCUT2D eigenvalue weighted by molar-refractivity contribution is -0.137. The van der Waals surface area contributed by atoms with Crippen molar-refractivity contribution < 1.29 is 21.6 Å². The van der Waals surface area contributed by atoms with Gasteiger partial charge < -0.3 is 5.32 Å². The minimum absolute atomic E-state index is 0.207. The van der Waals surface area contributed by atoms with Crippen LogP contribution in [0.1, 0.15) is 5.56 Å². The standard InChI is InChI=1S/C15H15ClF3N3O2S/c1-22(2)25(23,24)21-11-5-3-10(4-6-11)20-12-7-8-14(16)13(9-12)15(17,18)19/h3-9,20-21H,1-2H3. The number of nitrogens with one attached hydrogen (secondary N) is 2. The van der Waals surface area contributed by atoms with Crippen molar-refractivity contribution in [2.24, 2.45) is 0 Å². The first kappa shape index (κ1) is 19.4. The summed E-state index contributed by atoms with van der Waals surface area (Å²) in [5.41, 5.74) is 0.0856. The highest BCUT2D eigenvalue weighted by atomic mass is 35.5. The third-order valence-corrected chi connectivity index (χ3v) is 4.96. The Balaban J connectivity index is 2.17. The summed E-state index contributed by atoms with van der Waals surface area (Å²) in [6.45, 7) is 0. The molecule has 0 bridgehead atoms. The van der Waals surface area contributed by atoms with Crippen molar-refractivity contribution in [1.29, 1.82) is 0 Å². The number of rotatable bonds is 5. The van der Waals surface area contributed by atoms with Crippen LogP contribution in [-0.4, -0.2) is 26.8 Å². The third-order valence-electron chi connectivity index (χ3n) is 3.17. The Hall–Kier alpha value is -1.97. The van der Waals surface area contributed by atoms with E-state index in [0.29, 0.717) is 11.4 Å². The van der Waals surface area contributed by atoms with Crippen LogP contribution in [0.25, 0.3) is 0 Å². The second-order valence-corrected chi connectivity index (χ2v) is 7.58. The Morgan fingerprint density at radius 3 is 2.00 bits per heavy atom. The first-order valence-electron chi connectivity index (χ1n) is 6.93. The zero-order chi connectivity index (χ0) is 18.8. The molecular weight excluding hydrogens is 379 g/mol. The molecule has 0 heterocycles. The highest BCUT2D eigenvalue weighted by Crippen LogP contribution is 2.36. The highest BCUT2D eigenvalue weighted by molar-refractivity contribution is 7.90. The average molecular weight is 394 g/mol. The molecule has 0 unspecified atom stereocenters. The number of nitrogens with zero attached hydrogens (tertiary/aromatic N) is 1. The lowest BCUT2D eigenvalue weighted by Gasteiger charge is -2.14. The van der Waals surface area contributed by atoms with Crippen molar-refractivity contribution in [3.8, 4) is 0 Å². The van der Waals surface area contributed by atoms with Crippen LogP contribution < -0.4 is 10.0 Å². The van der Waals surface area contributed by atoms with Gasteiger partial charge in [0.1, 0.15) is 0 Å². The molecular formula is C15H15ClF3N3O2S. The van der Waals surface area contributed by atoms with Crippen molar-refractivity contribution >= 4 is 38.9 Å². The molecule has 136 valence electrons. The molecule has 0 aliphatic heterocycles. The Labute approximate surface area is 148 Å². The molecule has 2 N–H and O–H groups in total. The molecule has 25 heavy (non-hydrogen) atoms. The van der Waals surface area contributed by atoms with Crippen LogP contribution in [0.5, 0.6) is 0 Å². The van der Waals surface area contributed by atoms with Crippen LogP contribution in [-0.2, 0) is 16.4 Å². The maximum Gasteiger partial charge on any atom is 0.417 e. The van der Waals surface area contributed by atoms with E-state index in [-0.39, 0.29) is 10.7 Å². The molecule has 5 nitrogen and oxygen atoms in total. The summed E-state index contributed by atoms with van der Waals surface area (Å²) in [6.07, 6.45) is -4.55. The van der Waals surface area contributed by atoms with Gasteiger partial charge in [-0.15, -0.1) is 0 Å². The largest absolute Gasteiger partial charge is 0.417 e. The number of halogens is 4. The fourth-order valence-electron chi connectivity index (χ4n) is 1.85. The van der Waals surface area contributed by atoms with E-state index in [1.54, 1.807) is 0 Å². The Morgan fingerprint density at radius 2 is 1.48 bits per heavy atom. The SMILES string of the molecule is CN(C)S(=O)(=O)Nc1ccc(Nc2ccc(Cl)c(C(F)(F)F)c2)cc1. The Morgan fingerprint density at radius 1 is 0.960 bits per heavy atom. The van der Waals surface area contributed by atoms with Gasteiger partial charge in [-0.2, -0.15) is 25.9 Å². The van der Waals surface area contributed by atoms with E-state index in [9.17, 15) is 21.6 Å². The third kappa shape index (κ3) is 5.00. The summed E-state index contributed by atoms with van der Waals surface area (Å²) in [4.78, 5) is 0. The number of benzene rings is 2. The van der Waals surface area contributed by atoms with E-state index in [4.69, 9.17) is 11.6 Å². The summed E-state index contributed by atoms with van der Waals surface area (Å²) in [7, 11) is -0.855. The summed E-state index contributed by atoms with van der Waals surface area (Å²) in [5.74, 6) is 0. The van der Waals surface area contributed by atoms with E-state index < -0.39 is 21.9 Å². The fraction of sp³-hybridized carbons (Fsp3) is 0.200. The van der Waals surface area contributed by atoms with E-state index in [2.05, 4.69) is 10.0 Å². The maximum atomic E-state index is 12.9. The van der Waals surface area contributed by atoms with Crippen molar-refractivity contribution in [1.82, 2.24) is 4.31 Å². The molecule has 0 saturated carbocycles. The van der Waals surface area contributed by atoms with Crippen LogP contribution in [0.4, 0.5) is 30.2 Å². The summed E-state index contributed by atoms with van der Waals surface area (Å²) >= 11 is 5.57. The second-order valence-electron chi connectivity index (χ2n) is 5.28. The Bertz CT molecular complexity index is 853. The predicted molar refractivity (Wildman–Crippen MR) is 92.4 cm³/mol. The molecule has 0 radical (unpaired) electrons. The van der Waals surface area contributed by atoms with Gasteiger partial charge in [0.25, 0.3) is 0 Å². The molecule has 2 rings (SSSR count). The van der Waals surface area contributed by atoms with Crippen LogP contribution in [0.3, 0.4) is 0 Å². The average Bonchev–Trinajstić information content (AvgIpc) is 2.49. The van der Waals surface area contributed by atoms with Crippen LogP contribution in [0.2, 0.25) is 5.02 Å². The zero-order valence-electron chi connectivity index (χ0n) is 13.2. The van der Waals surface area contributed by atoms with Gasteiger partial charge in [-0.3, -0.25) is 4.72 Å². The molecule has 0 saturated heterocycles. The molecule has 2 aromatic carbocycles. The van der Waals surface area contributed by atoms with Crippen molar-refractivity contribution in [3.05, 3.63) is 53.1 Å². The molecule has 0 fully saturated rings. The zero-order valence-corrected chi connectivity index (χ0v) is 14.8. The summed E-state index contributed by atoms with van der Waals surface area (Å²) < 4.78 is 65.4. The smallest absolute Gasteiger partial charge is 0.356 e. The quantitative estimate of drug-likeness (QED) is 0.795. The first-order valence-corrected chi connectivity index (χ1v) is 8.75. The van der Waals surface area contributed by atoms with Gasteiger partial charge >= 0.3 is 16.4 Å². The molecule has 0 spiro atoms. The molecule has 0 aliphatic rings. The second kappa shape index (κ2) is 7.11. The van der Waals surface area contributed by atoms with Gasteiger partial charge in [-0.1, -0.05) is 11.6 Å². The number of hydrogen-bond donors (Lipinski definition) is 2. The van der Waals surface area contributed by atoms with E-state index in [1.165, 1.54) is 44.4 Å². The molecule has 0 aromatic heterocycles. The fourth-order valence-corrected chi connectivity index (χ4v) is 2.69. The summed E-state index contributed by atoms with van der Waals surface area (Å²) in [5, 5.41) is 2.43. The minimum atomic E-state index is -4.55. The molecule has 0 amide bonds.